The highest BCUT2D eigenvalue weighted by atomic mass is 16.4. The van der Waals surface area contributed by atoms with E-state index in [1.165, 1.54) is 4.90 Å². The number of benzene rings is 1. The smallest absolute Gasteiger partial charge is 0.323 e. The summed E-state index contributed by atoms with van der Waals surface area (Å²) in [6, 6.07) is 7.93. The van der Waals surface area contributed by atoms with Crippen LogP contribution in [0, 0.1) is 0 Å². The number of carbonyl (C=O) groups is 3. The summed E-state index contributed by atoms with van der Waals surface area (Å²) in [6.45, 7) is -0.421. The van der Waals surface area contributed by atoms with Gasteiger partial charge in [-0.2, -0.15) is 0 Å². The molecule has 19 heavy (non-hydrogen) atoms. The van der Waals surface area contributed by atoms with Crippen molar-refractivity contribution in [2.45, 2.75) is 18.9 Å². The number of carboxylic acids is 1. The van der Waals surface area contributed by atoms with E-state index >= 15 is 0 Å². The first kappa shape index (κ1) is 13.1. The summed E-state index contributed by atoms with van der Waals surface area (Å²) in [5.41, 5.74) is 0.510. The number of anilines is 1. The first-order valence-electron chi connectivity index (χ1n) is 5.95. The Morgan fingerprint density at radius 2 is 2.00 bits per heavy atom. The van der Waals surface area contributed by atoms with E-state index in [1.807, 2.05) is 0 Å². The number of rotatable bonds is 4. The Labute approximate surface area is 110 Å². The average Bonchev–Trinajstić information content (AvgIpc) is 2.83. The first-order chi connectivity index (χ1) is 9.08. The standard InChI is InChI=1S/C13H14N2O4/c16-11-7-6-10(14-11)13(19)15(8-12(17)18)9-4-2-1-3-5-9/h1-5,10H,6-8H2,(H,14,16)(H,17,18)/t10-/m0/s1. The van der Waals surface area contributed by atoms with Crippen molar-refractivity contribution in [2.24, 2.45) is 0 Å². The van der Waals surface area contributed by atoms with Crippen LogP contribution >= 0.6 is 0 Å². The summed E-state index contributed by atoms with van der Waals surface area (Å²) >= 11 is 0. The summed E-state index contributed by atoms with van der Waals surface area (Å²) in [5.74, 6) is -1.66. The van der Waals surface area contributed by atoms with E-state index in [1.54, 1.807) is 30.3 Å². The van der Waals surface area contributed by atoms with E-state index < -0.39 is 18.6 Å². The molecule has 6 nitrogen and oxygen atoms in total. The lowest BCUT2D eigenvalue weighted by Gasteiger charge is -2.23. The van der Waals surface area contributed by atoms with E-state index in [0.29, 0.717) is 18.5 Å². The highest BCUT2D eigenvalue weighted by Gasteiger charge is 2.32. The number of hydrogen-bond acceptors (Lipinski definition) is 3. The number of nitrogens with one attached hydrogen (secondary N) is 1. The molecule has 6 heteroatoms. The molecule has 100 valence electrons. The zero-order valence-corrected chi connectivity index (χ0v) is 10.2. The number of amides is 2. The van der Waals surface area contributed by atoms with Crippen LogP contribution in [-0.2, 0) is 14.4 Å². The van der Waals surface area contributed by atoms with Gasteiger partial charge in [-0.3, -0.25) is 19.3 Å². The molecule has 2 rings (SSSR count). The molecular formula is C13H14N2O4. The van der Waals surface area contributed by atoms with Gasteiger partial charge in [0.25, 0.3) is 0 Å². The molecule has 1 aliphatic rings. The third-order valence-electron chi connectivity index (χ3n) is 2.92. The molecule has 1 atom stereocenters. The Kier molecular flexibility index (Phi) is 3.79. The Morgan fingerprint density at radius 1 is 1.32 bits per heavy atom. The van der Waals surface area contributed by atoms with Crippen LogP contribution in [0.15, 0.2) is 30.3 Å². The molecule has 1 aromatic carbocycles. The summed E-state index contributed by atoms with van der Waals surface area (Å²) in [4.78, 5) is 35.5. The molecule has 0 unspecified atom stereocenters. The molecule has 0 spiro atoms. The maximum Gasteiger partial charge on any atom is 0.323 e. The first-order valence-corrected chi connectivity index (χ1v) is 5.95. The van der Waals surface area contributed by atoms with Gasteiger partial charge in [0.15, 0.2) is 0 Å². The largest absolute Gasteiger partial charge is 0.480 e. The molecule has 2 amide bonds. The van der Waals surface area contributed by atoms with Gasteiger partial charge in [-0.25, -0.2) is 0 Å². The summed E-state index contributed by atoms with van der Waals surface area (Å²) < 4.78 is 0. The highest BCUT2D eigenvalue weighted by molar-refractivity contribution is 6.03. The third-order valence-corrected chi connectivity index (χ3v) is 2.92. The van der Waals surface area contributed by atoms with Gasteiger partial charge in [-0.05, 0) is 18.6 Å². The summed E-state index contributed by atoms with van der Waals surface area (Å²) in [7, 11) is 0. The number of nitrogens with zero attached hydrogens (tertiary/aromatic N) is 1. The lowest BCUT2D eigenvalue weighted by molar-refractivity contribution is -0.136. The second kappa shape index (κ2) is 5.51. The maximum absolute atomic E-state index is 12.3. The Balaban J connectivity index is 2.20. The zero-order valence-electron chi connectivity index (χ0n) is 10.2. The van der Waals surface area contributed by atoms with Crippen LogP contribution < -0.4 is 10.2 Å². The predicted molar refractivity (Wildman–Crippen MR) is 67.6 cm³/mol. The number of carboxylic acid groups (broad SMARTS) is 1. The van der Waals surface area contributed by atoms with Crippen molar-refractivity contribution >= 4 is 23.5 Å². The molecule has 0 radical (unpaired) electrons. The van der Waals surface area contributed by atoms with E-state index in [9.17, 15) is 14.4 Å². The second-order valence-corrected chi connectivity index (χ2v) is 4.31. The minimum atomic E-state index is -1.10. The predicted octanol–water partition coefficient (Wildman–Crippen LogP) is 0.383. The van der Waals surface area contributed by atoms with Crippen molar-refractivity contribution in [3.05, 3.63) is 30.3 Å². The third kappa shape index (κ3) is 3.09. The number of carbonyl (C=O) groups excluding carboxylic acids is 2. The Morgan fingerprint density at radius 3 is 2.53 bits per heavy atom. The van der Waals surface area contributed by atoms with Crippen LogP contribution in [0.4, 0.5) is 5.69 Å². The van der Waals surface area contributed by atoms with Crippen LogP contribution in [-0.4, -0.2) is 35.5 Å². The van der Waals surface area contributed by atoms with Gasteiger partial charge >= 0.3 is 5.97 Å². The molecule has 0 aromatic heterocycles. The van der Waals surface area contributed by atoms with Gasteiger partial charge in [0.1, 0.15) is 12.6 Å². The number of aliphatic carboxylic acids is 1. The average molecular weight is 262 g/mol. The lowest BCUT2D eigenvalue weighted by Crippen LogP contribution is -2.46. The van der Waals surface area contributed by atoms with Gasteiger partial charge < -0.3 is 10.4 Å². The van der Waals surface area contributed by atoms with Crippen molar-refractivity contribution in [2.75, 3.05) is 11.4 Å². The van der Waals surface area contributed by atoms with E-state index in [2.05, 4.69) is 5.32 Å². The second-order valence-electron chi connectivity index (χ2n) is 4.31. The molecule has 1 aromatic rings. The van der Waals surface area contributed by atoms with Crippen LogP contribution in [0.2, 0.25) is 0 Å². The van der Waals surface area contributed by atoms with Crippen molar-refractivity contribution in [3.8, 4) is 0 Å². The van der Waals surface area contributed by atoms with Crippen LogP contribution in [0.25, 0.3) is 0 Å². The van der Waals surface area contributed by atoms with Crippen molar-refractivity contribution in [3.63, 3.8) is 0 Å². The number of para-hydroxylation sites is 1. The SMILES string of the molecule is O=C(O)CN(C(=O)[C@@H]1CCC(=O)N1)c1ccccc1. The molecule has 2 N–H and O–H groups in total. The molecule has 1 aliphatic heterocycles. The van der Waals surface area contributed by atoms with Gasteiger partial charge in [-0.1, -0.05) is 18.2 Å². The Hall–Kier alpha value is -2.37. The fraction of sp³-hybridized carbons (Fsp3) is 0.308. The van der Waals surface area contributed by atoms with E-state index in [0.717, 1.165) is 0 Å². The number of hydrogen-bond donors (Lipinski definition) is 2. The Bertz CT molecular complexity index is 501. The molecular weight excluding hydrogens is 248 g/mol. The van der Waals surface area contributed by atoms with Gasteiger partial charge in [0, 0.05) is 12.1 Å². The highest BCUT2D eigenvalue weighted by Crippen LogP contribution is 2.17. The molecule has 1 heterocycles. The van der Waals surface area contributed by atoms with E-state index in [-0.39, 0.29) is 11.8 Å². The summed E-state index contributed by atoms with van der Waals surface area (Å²) in [6.07, 6.45) is 0.701. The molecule has 0 bridgehead atoms. The fourth-order valence-corrected chi connectivity index (χ4v) is 2.03. The van der Waals surface area contributed by atoms with Gasteiger partial charge in [0.05, 0.1) is 0 Å². The fourth-order valence-electron chi connectivity index (χ4n) is 2.03. The molecule has 1 saturated heterocycles. The quantitative estimate of drug-likeness (QED) is 0.821. The van der Waals surface area contributed by atoms with Gasteiger partial charge in [-0.15, -0.1) is 0 Å². The lowest BCUT2D eigenvalue weighted by atomic mass is 10.2. The van der Waals surface area contributed by atoms with Crippen molar-refractivity contribution in [1.29, 1.82) is 0 Å². The van der Waals surface area contributed by atoms with E-state index in [4.69, 9.17) is 5.11 Å². The molecule has 0 aliphatic carbocycles. The van der Waals surface area contributed by atoms with Crippen molar-refractivity contribution in [1.82, 2.24) is 5.32 Å². The van der Waals surface area contributed by atoms with Crippen molar-refractivity contribution < 1.29 is 19.5 Å². The normalized spacial score (nSPS) is 17.9. The summed E-state index contributed by atoms with van der Waals surface area (Å²) in [5, 5.41) is 11.5. The maximum atomic E-state index is 12.3. The monoisotopic (exact) mass is 262 g/mol. The zero-order chi connectivity index (χ0) is 13.8. The molecule has 1 fully saturated rings. The minimum Gasteiger partial charge on any atom is -0.480 e. The van der Waals surface area contributed by atoms with Crippen LogP contribution in [0.5, 0.6) is 0 Å². The minimum absolute atomic E-state index is 0.179. The topological polar surface area (TPSA) is 86.7 Å². The van der Waals surface area contributed by atoms with Crippen LogP contribution in [0.1, 0.15) is 12.8 Å². The van der Waals surface area contributed by atoms with Gasteiger partial charge in [0.2, 0.25) is 11.8 Å². The molecule has 0 saturated carbocycles. The van der Waals surface area contributed by atoms with Crippen LogP contribution in [0.3, 0.4) is 0 Å².